The van der Waals surface area contributed by atoms with Crippen LogP contribution >= 0.6 is 11.6 Å². The Kier molecular flexibility index (Phi) is 2.78. The SMILES string of the molecule is Oc1c(Cl)cccc1CNc1cn[nH]c1. The van der Waals surface area contributed by atoms with Gasteiger partial charge in [0.1, 0.15) is 5.75 Å². The summed E-state index contributed by atoms with van der Waals surface area (Å²) in [6.07, 6.45) is 3.41. The molecular formula is C10H10ClN3O. The normalized spacial score (nSPS) is 10.2. The lowest BCUT2D eigenvalue weighted by atomic mass is 10.2. The molecular weight excluding hydrogens is 214 g/mol. The molecule has 2 rings (SSSR count). The second-order valence-corrected chi connectivity index (χ2v) is 3.50. The highest BCUT2D eigenvalue weighted by atomic mass is 35.5. The van der Waals surface area contributed by atoms with Crippen LogP contribution in [0.25, 0.3) is 0 Å². The predicted molar refractivity (Wildman–Crippen MR) is 59.0 cm³/mol. The molecule has 0 spiro atoms. The van der Waals surface area contributed by atoms with Gasteiger partial charge in [0.05, 0.1) is 16.9 Å². The van der Waals surface area contributed by atoms with Crippen molar-refractivity contribution in [2.45, 2.75) is 6.54 Å². The molecule has 0 saturated heterocycles. The van der Waals surface area contributed by atoms with Gasteiger partial charge in [-0.2, -0.15) is 5.10 Å². The average Bonchev–Trinajstić information content (AvgIpc) is 2.73. The Balaban J connectivity index is 2.08. The topological polar surface area (TPSA) is 60.9 Å². The molecule has 1 aromatic carbocycles. The Labute approximate surface area is 91.9 Å². The molecule has 0 aliphatic heterocycles. The summed E-state index contributed by atoms with van der Waals surface area (Å²) >= 11 is 5.78. The largest absolute Gasteiger partial charge is 0.506 e. The Morgan fingerprint density at radius 2 is 2.33 bits per heavy atom. The molecule has 78 valence electrons. The summed E-state index contributed by atoms with van der Waals surface area (Å²) in [4.78, 5) is 0. The van der Waals surface area contributed by atoms with E-state index in [-0.39, 0.29) is 5.75 Å². The van der Waals surface area contributed by atoms with Crippen LogP contribution in [0.2, 0.25) is 5.02 Å². The number of nitrogens with zero attached hydrogens (tertiary/aromatic N) is 1. The lowest BCUT2D eigenvalue weighted by molar-refractivity contribution is 0.469. The predicted octanol–water partition coefficient (Wildman–Crippen LogP) is 2.38. The third-order valence-corrected chi connectivity index (χ3v) is 2.36. The van der Waals surface area contributed by atoms with Crippen LogP contribution in [0.3, 0.4) is 0 Å². The van der Waals surface area contributed by atoms with Gasteiger partial charge in [-0.1, -0.05) is 23.7 Å². The standard InChI is InChI=1S/C10H10ClN3O/c11-9-3-1-2-7(10(9)15)4-12-8-5-13-14-6-8/h1-3,5-6,12,15H,4H2,(H,13,14). The van der Waals surface area contributed by atoms with E-state index in [1.54, 1.807) is 24.5 Å². The van der Waals surface area contributed by atoms with Gasteiger partial charge < -0.3 is 10.4 Å². The molecule has 4 nitrogen and oxygen atoms in total. The molecule has 0 unspecified atom stereocenters. The van der Waals surface area contributed by atoms with E-state index in [0.717, 1.165) is 11.3 Å². The van der Waals surface area contributed by atoms with Crippen molar-refractivity contribution in [2.75, 3.05) is 5.32 Å². The summed E-state index contributed by atoms with van der Waals surface area (Å²) in [7, 11) is 0. The minimum absolute atomic E-state index is 0.121. The highest BCUT2D eigenvalue weighted by Gasteiger charge is 2.04. The Morgan fingerprint density at radius 3 is 3.07 bits per heavy atom. The number of halogens is 1. The first-order valence-electron chi connectivity index (χ1n) is 4.46. The molecule has 2 aromatic rings. The molecule has 0 bridgehead atoms. The van der Waals surface area contributed by atoms with Crippen molar-refractivity contribution in [3.8, 4) is 5.75 Å². The Bertz CT molecular complexity index is 442. The fourth-order valence-corrected chi connectivity index (χ4v) is 1.44. The number of hydrogen-bond donors (Lipinski definition) is 3. The molecule has 0 radical (unpaired) electrons. The molecule has 0 amide bonds. The summed E-state index contributed by atoms with van der Waals surface area (Å²) in [5.74, 6) is 0.121. The van der Waals surface area contributed by atoms with Crippen LogP contribution in [0.4, 0.5) is 5.69 Å². The van der Waals surface area contributed by atoms with Gasteiger partial charge in [-0.25, -0.2) is 0 Å². The van der Waals surface area contributed by atoms with Gasteiger partial charge in [-0.3, -0.25) is 5.10 Å². The molecule has 0 aliphatic rings. The molecule has 0 fully saturated rings. The Morgan fingerprint density at radius 1 is 1.47 bits per heavy atom. The van der Waals surface area contributed by atoms with E-state index in [1.807, 2.05) is 6.07 Å². The van der Waals surface area contributed by atoms with Crippen LogP contribution in [-0.2, 0) is 6.54 Å². The highest BCUT2D eigenvalue weighted by Crippen LogP contribution is 2.27. The van der Waals surface area contributed by atoms with E-state index in [4.69, 9.17) is 11.6 Å². The minimum atomic E-state index is 0.121. The lowest BCUT2D eigenvalue weighted by Gasteiger charge is -2.06. The maximum absolute atomic E-state index is 9.63. The fraction of sp³-hybridized carbons (Fsp3) is 0.100. The number of phenolic OH excluding ortho intramolecular Hbond substituents is 1. The first-order valence-corrected chi connectivity index (χ1v) is 4.84. The number of benzene rings is 1. The van der Waals surface area contributed by atoms with Crippen molar-refractivity contribution in [2.24, 2.45) is 0 Å². The summed E-state index contributed by atoms with van der Waals surface area (Å²) in [6.45, 7) is 0.506. The molecule has 0 atom stereocenters. The van der Waals surface area contributed by atoms with Crippen molar-refractivity contribution < 1.29 is 5.11 Å². The van der Waals surface area contributed by atoms with E-state index in [2.05, 4.69) is 15.5 Å². The minimum Gasteiger partial charge on any atom is -0.506 e. The number of rotatable bonds is 3. The van der Waals surface area contributed by atoms with Crippen molar-refractivity contribution in [3.05, 3.63) is 41.2 Å². The lowest BCUT2D eigenvalue weighted by Crippen LogP contribution is -1.98. The maximum atomic E-state index is 9.63. The zero-order valence-corrected chi connectivity index (χ0v) is 8.62. The molecule has 1 aromatic heterocycles. The van der Waals surface area contributed by atoms with Gasteiger partial charge in [0, 0.05) is 18.3 Å². The van der Waals surface area contributed by atoms with Crippen LogP contribution in [0.1, 0.15) is 5.56 Å². The number of H-pyrrole nitrogens is 1. The van der Waals surface area contributed by atoms with Gasteiger partial charge in [-0.05, 0) is 6.07 Å². The monoisotopic (exact) mass is 223 g/mol. The number of aromatic amines is 1. The quantitative estimate of drug-likeness (QED) is 0.749. The number of nitrogens with one attached hydrogen (secondary N) is 2. The van der Waals surface area contributed by atoms with E-state index >= 15 is 0 Å². The molecule has 3 N–H and O–H groups in total. The summed E-state index contributed by atoms with van der Waals surface area (Å²) in [6, 6.07) is 5.26. The molecule has 15 heavy (non-hydrogen) atoms. The van der Waals surface area contributed by atoms with E-state index in [0.29, 0.717) is 11.6 Å². The van der Waals surface area contributed by atoms with E-state index < -0.39 is 0 Å². The van der Waals surface area contributed by atoms with Crippen LogP contribution in [0.5, 0.6) is 5.75 Å². The highest BCUT2D eigenvalue weighted by molar-refractivity contribution is 6.32. The van der Waals surface area contributed by atoms with Crippen LogP contribution < -0.4 is 5.32 Å². The van der Waals surface area contributed by atoms with Gasteiger partial charge >= 0.3 is 0 Å². The van der Waals surface area contributed by atoms with E-state index in [9.17, 15) is 5.11 Å². The van der Waals surface area contributed by atoms with Gasteiger partial charge in [0.2, 0.25) is 0 Å². The number of para-hydroxylation sites is 1. The smallest absolute Gasteiger partial charge is 0.139 e. The van der Waals surface area contributed by atoms with Crippen molar-refractivity contribution >= 4 is 17.3 Å². The van der Waals surface area contributed by atoms with Crippen molar-refractivity contribution in [1.82, 2.24) is 10.2 Å². The van der Waals surface area contributed by atoms with Gasteiger partial charge in [0.15, 0.2) is 0 Å². The fourth-order valence-electron chi connectivity index (χ4n) is 1.25. The summed E-state index contributed by atoms with van der Waals surface area (Å²) in [5, 5.41) is 19.6. The second kappa shape index (κ2) is 4.23. The molecule has 0 aliphatic carbocycles. The Hall–Kier alpha value is -1.68. The first-order chi connectivity index (χ1) is 7.27. The van der Waals surface area contributed by atoms with Crippen LogP contribution in [0.15, 0.2) is 30.6 Å². The number of phenols is 1. The van der Waals surface area contributed by atoms with Crippen LogP contribution in [0, 0.1) is 0 Å². The third-order valence-electron chi connectivity index (χ3n) is 2.05. The number of aromatic hydroxyl groups is 1. The third kappa shape index (κ3) is 2.22. The number of aromatic nitrogens is 2. The molecule has 5 heteroatoms. The number of anilines is 1. The molecule has 1 heterocycles. The van der Waals surface area contributed by atoms with E-state index in [1.165, 1.54) is 0 Å². The maximum Gasteiger partial charge on any atom is 0.139 e. The summed E-state index contributed by atoms with van der Waals surface area (Å²) in [5.41, 5.74) is 1.62. The van der Waals surface area contributed by atoms with Crippen molar-refractivity contribution in [1.29, 1.82) is 0 Å². The summed E-state index contributed by atoms with van der Waals surface area (Å²) < 4.78 is 0. The number of hydrogen-bond acceptors (Lipinski definition) is 3. The van der Waals surface area contributed by atoms with Crippen molar-refractivity contribution in [3.63, 3.8) is 0 Å². The average molecular weight is 224 g/mol. The van der Waals surface area contributed by atoms with Gasteiger partial charge in [-0.15, -0.1) is 0 Å². The molecule has 0 saturated carbocycles. The first kappa shape index (κ1) is 9.86. The second-order valence-electron chi connectivity index (χ2n) is 3.09. The zero-order chi connectivity index (χ0) is 10.7. The van der Waals surface area contributed by atoms with Crippen LogP contribution in [-0.4, -0.2) is 15.3 Å². The van der Waals surface area contributed by atoms with Gasteiger partial charge in [0.25, 0.3) is 0 Å². The zero-order valence-electron chi connectivity index (χ0n) is 7.87.